The lowest BCUT2D eigenvalue weighted by Crippen LogP contribution is -1.91. The van der Waals surface area contributed by atoms with Crippen molar-refractivity contribution in [3.05, 3.63) is 41.6 Å². The number of nitrogens with zero attached hydrogens (tertiary/aromatic N) is 4. The maximum Gasteiger partial charge on any atom is 0.130 e. The zero-order valence-electron chi connectivity index (χ0n) is 9.46. The summed E-state index contributed by atoms with van der Waals surface area (Å²) in [5, 5.41) is 27.2. The van der Waals surface area contributed by atoms with Crippen molar-refractivity contribution in [1.29, 1.82) is 15.8 Å². The van der Waals surface area contributed by atoms with Crippen LogP contribution in [-0.2, 0) is 6.54 Å². The van der Waals surface area contributed by atoms with E-state index in [1.54, 1.807) is 10.8 Å². The van der Waals surface area contributed by atoms with Gasteiger partial charge in [-0.2, -0.15) is 15.8 Å². The molecule has 0 bridgehead atoms. The Morgan fingerprint density at radius 1 is 1.17 bits per heavy atom. The van der Waals surface area contributed by atoms with Gasteiger partial charge in [0.25, 0.3) is 0 Å². The second-order valence-electron chi connectivity index (χ2n) is 3.67. The van der Waals surface area contributed by atoms with Crippen molar-refractivity contribution in [3.63, 3.8) is 0 Å². The summed E-state index contributed by atoms with van der Waals surface area (Å²) in [5.74, 6) is 0. The fourth-order valence-corrected chi connectivity index (χ4v) is 1.84. The topological polar surface area (TPSA) is 76.3 Å². The number of nitriles is 3. The van der Waals surface area contributed by atoms with E-state index < -0.39 is 0 Å². The van der Waals surface area contributed by atoms with Crippen LogP contribution in [0.15, 0.2) is 36.0 Å². The van der Waals surface area contributed by atoms with Crippen LogP contribution < -0.4 is 0 Å². The number of benzene rings is 1. The highest BCUT2D eigenvalue weighted by molar-refractivity contribution is 5.90. The van der Waals surface area contributed by atoms with E-state index in [1.807, 2.05) is 36.4 Å². The van der Waals surface area contributed by atoms with Crippen molar-refractivity contribution < 1.29 is 0 Å². The zero-order valence-corrected chi connectivity index (χ0v) is 9.46. The summed E-state index contributed by atoms with van der Waals surface area (Å²) >= 11 is 0. The molecule has 18 heavy (non-hydrogen) atoms. The first-order valence-electron chi connectivity index (χ1n) is 5.27. The fraction of sp³-hybridized carbons (Fsp3) is 0.0714. The van der Waals surface area contributed by atoms with Crippen LogP contribution in [0.2, 0.25) is 0 Å². The molecule has 4 heteroatoms. The van der Waals surface area contributed by atoms with Crippen LogP contribution in [0.25, 0.3) is 17.0 Å². The fourth-order valence-electron chi connectivity index (χ4n) is 1.84. The quantitative estimate of drug-likeness (QED) is 0.746. The normalized spacial score (nSPS) is 9.17. The minimum Gasteiger partial charge on any atom is -0.333 e. The third-order valence-electron chi connectivity index (χ3n) is 2.60. The number of hydrogen-bond donors (Lipinski definition) is 0. The van der Waals surface area contributed by atoms with E-state index in [0.717, 1.165) is 16.5 Å². The molecular weight excluding hydrogens is 224 g/mol. The number of aromatic nitrogens is 1. The van der Waals surface area contributed by atoms with Gasteiger partial charge < -0.3 is 4.57 Å². The highest BCUT2D eigenvalue weighted by Crippen LogP contribution is 2.23. The average Bonchev–Trinajstić information content (AvgIpc) is 2.75. The van der Waals surface area contributed by atoms with Crippen LogP contribution >= 0.6 is 0 Å². The summed E-state index contributed by atoms with van der Waals surface area (Å²) in [6.07, 6.45) is 3.32. The van der Waals surface area contributed by atoms with E-state index in [4.69, 9.17) is 15.8 Å². The van der Waals surface area contributed by atoms with Gasteiger partial charge in [-0.15, -0.1) is 0 Å². The Balaban J connectivity index is 2.67. The predicted molar refractivity (Wildman–Crippen MR) is 66.8 cm³/mol. The van der Waals surface area contributed by atoms with Crippen LogP contribution in [0, 0.1) is 34.0 Å². The summed E-state index contributed by atoms with van der Waals surface area (Å²) < 4.78 is 1.80. The van der Waals surface area contributed by atoms with Gasteiger partial charge in [-0.3, -0.25) is 0 Å². The summed E-state index contributed by atoms with van der Waals surface area (Å²) in [5.41, 5.74) is 1.74. The van der Waals surface area contributed by atoms with E-state index in [2.05, 4.69) is 6.07 Å². The Morgan fingerprint density at radius 3 is 2.56 bits per heavy atom. The molecule has 1 heterocycles. The van der Waals surface area contributed by atoms with Crippen molar-refractivity contribution in [2.45, 2.75) is 6.54 Å². The Bertz CT molecular complexity index is 729. The van der Waals surface area contributed by atoms with Crippen LogP contribution in [-0.4, -0.2) is 4.57 Å². The Kier molecular flexibility index (Phi) is 3.10. The van der Waals surface area contributed by atoms with Crippen LogP contribution in [0.1, 0.15) is 5.56 Å². The highest BCUT2D eigenvalue weighted by atomic mass is 14.9. The lowest BCUT2D eigenvalue weighted by molar-refractivity contribution is 0.873. The summed E-state index contributed by atoms with van der Waals surface area (Å²) in [7, 11) is 0. The number of allylic oxidation sites excluding steroid dienone is 1. The molecule has 0 fully saturated rings. The van der Waals surface area contributed by atoms with Gasteiger partial charge in [0.1, 0.15) is 24.3 Å². The second kappa shape index (κ2) is 4.87. The van der Waals surface area contributed by atoms with Crippen molar-refractivity contribution in [1.82, 2.24) is 4.57 Å². The van der Waals surface area contributed by atoms with Gasteiger partial charge in [0.2, 0.25) is 0 Å². The average molecular weight is 232 g/mol. The molecule has 2 rings (SSSR count). The van der Waals surface area contributed by atoms with Crippen LogP contribution in [0.3, 0.4) is 0 Å². The smallest absolute Gasteiger partial charge is 0.130 e. The maximum atomic E-state index is 8.77. The first-order chi connectivity index (χ1) is 8.80. The molecule has 0 radical (unpaired) electrons. The van der Waals surface area contributed by atoms with Crippen molar-refractivity contribution in [2.75, 3.05) is 0 Å². The van der Waals surface area contributed by atoms with Gasteiger partial charge in [0.05, 0.1) is 6.07 Å². The third-order valence-corrected chi connectivity index (χ3v) is 2.60. The molecule has 1 aromatic carbocycles. The molecule has 4 nitrogen and oxygen atoms in total. The molecule has 0 amide bonds. The molecule has 0 aliphatic heterocycles. The summed E-state index contributed by atoms with van der Waals surface area (Å²) in [6.45, 7) is 0.239. The van der Waals surface area contributed by atoms with Crippen LogP contribution in [0.5, 0.6) is 0 Å². The SMILES string of the molecule is N#CCn1cc(C=C(C#N)C#N)c2ccccc21. The van der Waals surface area contributed by atoms with Gasteiger partial charge in [-0.1, -0.05) is 18.2 Å². The van der Waals surface area contributed by atoms with Gasteiger partial charge >= 0.3 is 0 Å². The number of fused-ring (bicyclic) bond motifs is 1. The van der Waals surface area contributed by atoms with E-state index >= 15 is 0 Å². The number of rotatable bonds is 2. The van der Waals surface area contributed by atoms with Crippen molar-refractivity contribution >= 4 is 17.0 Å². The molecule has 0 spiro atoms. The molecular formula is C14H8N4. The number of hydrogen-bond acceptors (Lipinski definition) is 3. The molecule has 0 aliphatic carbocycles. The summed E-state index contributed by atoms with van der Waals surface area (Å²) in [4.78, 5) is 0. The van der Waals surface area contributed by atoms with E-state index in [1.165, 1.54) is 6.08 Å². The summed E-state index contributed by atoms with van der Waals surface area (Å²) in [6, 6.07) is 13.3. The largest absolute Gasteiger partial charge is 0.333 e. The predicted octanol–water partition coefficient (Wildman–Crippen LogP) is 2.60. The molecule has 2 aromatic rings. The molecule has 0 N–H and O–H groups in total. The number of para-hydroxylation sites is 1. The van der Waals surface area contributed by atoms with E-state index in [9.17, 15) is 0 Å². The molecule has 0 unspecified atom stereocenters. The van der Waals surface area contributed by atoms with E-state index in [0.29, 0.717) is 0 Å². The minimum absolute atomic E-state index is 0.0508. The van der Waals surface area contributed by atoms with Gasteiger partial charge in [0, 0.05) is 22.7 Å². The standard InChI is InChI=1S/C14H8N4/c15-5-6-18-10-12(7-11(8-16)9-17)13-3-1-2-4-14(13)18/h1-4,7,10H,6H2. The first kappa shape index (κ1) is 11.5. The zero-order chi connectivity index (χ0) is 13.0. The molecule has 0 saturated carbocycles. The molecule has 0 saturated heterocycles. The van der Waals surface area contributed by atoms with Gasteiger partial charge in [-0.25, -0.2) is 0 Å². The van der Waals surface area contributed by atoms with Crippen molar-refractivity contribution in [2.24, 2.45) is 0 Å². The lowest BCUT2D eigenvalue weighted by Gasteiger charge is -1.96. The van der Waals surface area contributed by atoms with E-state index in [-0.39, 0.29) is 12.1 Å². The maximum absolute atomic E-state index is 8.77. The lowest BCUT2D eigenvalue weighted by atomic mass is 10.1. The van der Waals surface area contributed by atoms with Crippen molar-refractivity contribution in [3.8, 4) is 18.2 Å². The Morgan fingerprint density at radius 2 is 1.89 bits per heavy atom. The van der Waals surface area contributed by atoms with Gasteiger partial charge in [-0.05, 0) is 12.1 Å². The Labute approximate surface area is 104 Å². The third kappa shape index (κ3) is 1.94. The second-order valence-corrected chi connectivity index (χ2v) is 3.67. The molecule has 0 atom stereocenters. The van der Waals surface area contributed by atoms with Gasteiger partial charge in [0.15, 0.2) is 0 Å². The minimum atomic E-state index is 0.0508. The molecule has 84 valence electrons. The molecule has 0 aliphatic rings. The van der Waals surface area contributed by atoms with Crippen LogP contribution in [0.4, 0.5) is 0 Å². The first-order valence-corrected chi connectivity index (χ1v) is 5.27. The highest BCUT2D eigenvalue weighted by Gasteiger charge is 2.06. The monoisotopic (exact) mass is 232 g/mol. The Hall–Kier alpha value is -3.03. The molecule has 1 aromatic heterocycles.